The van der Waals surface area contributed by atoms with Crippen molar-refractivity contribution in [2.24, 2.45) is 5.73 Å². The van der Waals surface area contributed by atoms with Gasteiger partial charge >= 0.3 is 0 Å². The van der Waals surface area contributed by atoms with E-state index < -0.39 is 0 Å². The van der Waals surface area contributed by atoms with E-state index in [-0.39, 0.29) is 5.82 Å². The minimum Gasteiger partial charge on any atom is -0.326 e. The van der Waals surface area contributed by atoms with E-state index in [0.717, 1.165) is 54.7 Å². The number of hydrogen-bond acceptors (Lipinski definition) is 3. The SMILES string of the molecule is NCc1ccc(CN(Cc2ccccn2)C2CCc3cccc(F)c3C2)cc1. The van der Waals surface area contributed by atoms with Crippen molar-refractivity contribution < 1.29 is 4.39 Å². The van der Waals surface area contributed by atoms with Crippen LogP contribution in [0.15, 0.2) is 66.9 Å². The van der Waals surface area contributed by atoms with Crippen molar-refractivity contribution in [2.45, 2.75) is 44.9 Å². The van der Waals surface area contributed by atoms with Gasteiger partial charge in [0, 0.05) is 31.9 Å². The van der Waals surface area contributed by atoms with Gasteiger partial charge in [-0.3, -0.25) is 9.88 Å². The van der Waals surface area contributed by atoms with Crippen molar-refractivity contribution in [3.05, 3.63) is 101 Å². The molecule has 1 unspecified atom stereocenters. The smallest absolute Gasteiger partial charge is 0.126 e. The molecule has 28 heavy (non-hydrogen) atoms. The van der Waals surface area contributed by atoms with Gasteiger partial charge < -0.3 is 5.73 Å². The van der Waals surface area contributed by atoms with E-state index in [1.165, 1.54) is 5.56 Å². The van der Waals surface area contributed by atoms with Crippen LogP contribution in [0.3, 0.4) is 0 Å². The maximum atomic E-state index is 14.4. The van der Waals surface area contributed by atoms with Gasteiger partial charge in [-0.15, -0.1) is 0 Å². The van der Waals surface area contributed by atoms with Crippen LogP contribution in [0, 0.1) is 5.82 Å². The van der Waals surface area contributed by atoms with Gasteiger partial charge in [0.2, 0.25) is 0 Å². The number of aromatic nitrogens is 1. The van der Waals surface area contributed by atoms with E-state index in [0.29, 0.717) is 12.6 Å². The minimum absolute atomic E-state index is 0.0766. The van der Waals surface area contributed by atoms with Crippen LogP contribution in [0.5, 0.6) is 0 Å². The first kappa shape index (κ1) is 18.8. The van der Waals surface area contributed by atoms with Gasteiger partial charge in [-0.2, -0.15) is 0 Å². The largest absolute Gasteiger partial charge is 0.326 e. The van der Waals surface area contributed by atoms with E-state index >= 15 is 0 Å². The van der Waals surface area contributed by atoms with Crippen molar-refractivity contribution >= 4 is 0 Å². The topological polar surface area (TPSA) is 42.1 Å². The molecular formula is C24H26FN3. The summed E-state index contributed by atoms with van der Waals surface area (Å²) in [5.74, 6) is -0.0766. The summed E-state index contributed by atoms with van der Waals surface area (Å²) in [6.45, 7) is 2.13. The fraction of sp³-hybridized carbons (Fsp3) is 0.292. The number of pyridine rings is 1. The van der Waals surface area contributed by atoms with Crippen molar-refractivity contribution in [2.75, 3.05) is 0 Å². The Morgan fingerprint density at radius 3 is 2.54 bits per heavy atom. The molecule has 1 aliphatic rings. The van der Waals surface area contributed by atoms with Crippen LogP contribution in [-0.2, 0) is 32.5 Å². The van der Waals surface area contributed by atoms with E-state index in [1.54, 1.807) is 6.07 Å². The van der Waals surface area contributed by atoms with Crippen molar-refractivity contribution in [3.8, 4) is 0 Å². The van der Waals surface area contributed by atoms with Crippen LogP contribution in [0.4, 0.5) is 4.39 Å². The molecule has 0 aliphatic heterocycles. The van der Waals surface area contributed by atoms with Crippen molar-refractivity contribution in [1.82, 2.24) is 9.88 Å². The Morgan fingerprint density at radius 1 is 0.964 bits per heavy atom. The Bertz CT molecular complexity index is 909. The molecule has 0 radical (unpaired) electrons. The fourth-order valence-corrected chi connectivity index (χ4v) is 4.07. The van der Waals surface area contributed by atoms with Crippen LogP contribution >= 0.6 is 0 Å². The number of hydrogen-bond donors (Lipinski definition) is 1. The predicted octanol–water partition coefficient (Wildman–Crippen LogP) is 4.24. The lowest BCUT2D eigenvalue weighted by molar-refractivity contribution is 0.159. The van der Waals surface area contributed by atoms with E-state index in [9.17, 15) is 4.39 Å². The number of fused-ring (bicyclic) bond motifs is 1. The highest BCUT2D eigenvalue weighted by Crippen LogP contribution is 2.28. The van der Waals surface area contributed by atoms with Crippen LogP contribution in [0.25, 0.3) is 0 Å². The second kappa shape index (κ2) is 8.63. The second-order valence-electron chi connectivity index (χ2n) is 7.52. The molecule has 1 heterocycles. The molecule has 0 fully saturated rings. The average molecular weight is 375 g/mol. The molecule has 3 nitrogen and oxygen atoms in total. The lowest BCUT2D eigenvalue weighted by atomic mass is 9.87. The number of halogens is 1. The summed E-state index contributed by atoms with van der Waals surface area (Å²) in [6.07, 6.45) is 4.53. The molecule has 1 aliphatic carbocycles. The van der Waals surface area contributed by atoms with E-state index in [2.05, 4.69) is 46.3 Å². The highest BCUT2D eigenvalue weighted by Gasteiger charge is 2.26. The fourth-order valence-electron chi connectivity index (χ4n) is 4.07. The molecule has 3 aromatic rings. The first-order chi connectivity index (χ1) is 13.7. The maximum Gasteiger partial charge on any atom is 0.126 e. The molecular weight excluding hydrogens is 349 g/mol. The molecule has 0 saturated carbocycles. The molecule has 1 atom stereocenters. The summed E-state index contributed by atoms with van der Waals surface area (Å²) < 4.78 is 14.4. The Labute approximate surface area is 166 Å². The maximum absolute atomic E-state index is 14.4. The first-order valence-electron chi connectivity index (χ1n) is 9.91. The zero-order valence-corrected chi connectivity index (χ0v) is 16.0. The molecule has 2 N–H and O–H groups in total. The molecule has 0 amide bonds. The summed E-state index contributed by atoms with van der Waals surface area (Å²) in [6, 6.07) is 20.2. The Balaban J connectivity index is 1.58. The van der Waals surface area contributed by atoms with Crippen molar-refractivity contribution in [3.63, 3.8) is 0 Å². The van der Waals surface area contributed by atoms with Crippen molar-refractivity contribution in [1.29, 1.82) is 0 Å². The molecule has 2 aromatic carbocycles. The summed E-state index contributed by atoms with van der Waals surface area (Å²) in [5, 5.41) is 0. The third kappa shape index (κ3) is 4.29. The van der Waals surface area contributed by atoms with E-state index in [1.807, 2.05) is 24.4 Å². The molecule has 0 spiro atoms. The predicted molar refractivity (Wildman–Crippen MR) is 110 cm³/mol. The Kier molecular flexibility index (Phi) is 5.79. The number of benzene rings is 2. The minimum atomic E-state index is -0.0766. The van der Waals surface area contributed by atoms with Gasteiger partial charge in [-0.1, -0.05) is 42.5 Å². The number of rotatable bonds is 6. The third-order valence-corrected chi connectivity index (χ3v) is 5.65. The molecule has 0 bridgehead atoms. The first-order valence-corrected chi connectivity index (χ1v) is 9.91. The Hall–Kier alpha value is -2.56. The molecule has 1 aromatic heterocycles. The van der Waals surface area contributed by atoms with E-state index in [4.69, 9.17) is 5.73 Å². The van der Waals surface area contributed by atoms with Gasteiger partial charge in [-0.25, -0.2) is 4.39 Å². The molecule has 0 saturated heterocycles. The van der Waals surface area contributed by atoms with Crippen LogP contribution in [0.2, 0.25) is 0 Å². The monoisotopic (exact) mass is 375 g/mol. The summed E-state index contributed by atoms with van der Waals surface area (Å²) >= 11 is 0. The number of nitrogens with zero attached hydrogens (tertiary/aromatic N) is 2. The lowest BCUT2D eigenvalue weighted by Crippen LogP contribution is -2.39. The average Bonchev–Trinajstić information content (AvgIpc) is 2.75. The molecule has 4 heteroatoms. The van der Waals surface area contributed by atoms with Gasteiger partial charge in [0.15, 0.2) is 0 Å². The highest BCUT2D eigenvalue weighted by molar-refractivity contribution is 5.32. The molecule has 4 rings (SSSR count). The standard InChI is InChI=1S/C24H26FN3/c25-24-6-3-4-20-11-12-22(14-23(20)24)28(17-21-5-1-2-13-27-21)16-19-9-7-18(15-26)8-10-19/h1-10,13,22H,11-12,14-17,26H2. The molecule has 144 valence electrons. The van der Waals surface area contributed by atoms with Gasteiger partial charge in [0.05, 0.1) is 5.69 Å². The summed E-state index contributed by atoms with van der Waals surface area (Å²) in [5.41, 5.74) is 11.2. The number of aryl methyl sites for hydroxylation is 1. The quantitative estimate of drug-likeness (QED) is 0.701. The second-order valence-corrected chi connectivity index (χ2v) is 7.52. The van der Waals surface area contributed by atoms with Crippen LogP contribution in [-0.4, -0.2) is 15.9 Å². The van der Waals surface area contributed by atoms with Gasteiger partial charge in [-0.05, 0) is 59.7 Å². The summed E-state index contributed by atoms with van der Waals surface area (Å²) in [7, 11) is 0. The van der Waals surface area contributed by atoms with Gasteiger partial charge in [0.25, 0.3) is 0 Å². The number of nitrogens with two attached hydrogens (primary N) is 1. The van der Waals surface area contributed by atoms with Crippen LogP contribution in [0.1, 0.15) is 34.4 Å². The zero-order chi connectivity index (χ0) is 19.3. The zero-order valence-electron chi connectivity index (χ0n) is 16.0. The van der Waals surface area contributed by atoms with Gasteiger partial charge in [0.1, 0.15) is 5.82 Å². The normalized spacial score (nSPS) is 16.2. The highest BCUT2D eigenvalue weighted by atomic mass is 19.1. The lowest BCUT2D eigenvalue weighted by Gasteiger charge is -2.35. The summed E-state index contributed by atoms with van der Waals surface area (Å²) in [4.78, 5) is 6.95. The van der Waals surface area contributed by atoms with Crippen LogP contribution < -0.4 is 5.73 Å². The Morgan fingerprint density at radius 2 is 1.79 bits per heavy atom. The third-order valence-electron chi connectivity index (χ3n) is 5.65.